The van der Waals surface area contributed by atoms with E-state index < -0.39 is 5.92 Å². The Morgan fingerprint density at radius 2 is 1.95 bits per heavy atom. The van der Waals surface area contributed by atoms with Crippen molar-refractivity contribution in [3.8, 4) is 22.6 Å². The molecule has 9 nitrogen and oxygen atoms in total. The topological polar surface area (TPSA) is 93.8 Å². The Morgan fingerprint density at radius 3 is 2.62 bits per heavy atom. The molecule has 1 aromatic carbocycles. The standard InChI is InChI=1S/C26H26F2N8O/c1-26(27,28)20-9-5-8-17-19(20)13-36(25(17)37)22-11-15(10-21(32-22)31-16-6-4-7-16)23-18(12-30-35(23)3)24-33-29-14-34(24)2/h5,8-12,14,16H,4,6-7,13H2,1-3H3,(H,31,32). The minimum atomic E-state index is -3.06. The fourth-order valence-corrected chi connectivity index (χ4v) is 5.03. The molecule has 0 spiro atoms. The summed E-state index contributed by atoms with van der Waals surface area (Å²) in [6.45, 7) is 0.875. The fraction of sp³-hybridized carbons (Fsp3) is 0.346. The summed E-state index contributed by atoms with van der Waals surface area (Å²) in [5.74, 6) is -1.76. The Labute approximate surface area is 212 Å². The number of benzene rings is 1. The Hall–Kier alpha value is -4.15. The number of fused-ring (bicyclic) bond motifs is 1. The lowest BCUT2D eigenvalue weighted by molar-refractivity contribution is 0.0166. The van der Waals surface area contributed by atoms with Gasteiger partial charge in [-0.3, -0.25) is 14.4 Å². The molecule has 0 radical (unpaired) electrons. The summed E-state index contributed by atoms with van der Waals surface area (Å²) in [7, 11) is 3.69. The second kappa shape index (κ2) is 8.46. The lowest BCUT2D eigenvalue weighted by Gasteiger charge is -2.28. The van der Waals surface area contributed by atoms with Crippen LogP contribution in [0.1, 0.15) is 47.7 Å². The molecule has 11 heteroatoms. The molecular formula is C26H26F2N8O. The third kappa shape index (κ3) is 3.94. The van der Waals surface area contributed by atoms with Gasteiger partial charge in [0.2, 0.25) is 0 Å². The molecule has 37 heavy (non-hydrogen) atoms. The van der Waals surface area contributed by atoms with Crippen LogP contribution in [0.3, 0.4) is 0 Å². The molecule has 2 aliphatic rings. The highest BCUT2D eigenvalue weighted by atomic mass is 19.3. The Balaban J connectivity index is 1.47. The summed E-state index contributed by atoms with van der Waals surface area (Å²) in [6, 6.07) is 8.51. The lowest BCUT2D eigenvalue weighted by Crippen LogP contribution is -2.28. The third-order valence-corrected chi connectivity index (χ3v) is 7.15. The molecule has 0 atom stereocenters. The van der Waals surface area contributed by atoms with Crippen LogP contribution >= 0.6 is 0 Å². The number of aromatic nitrogens is 6. The average molecular weight is 505 g/mol. The van der Waals surface area contributed by atoms with E-state index in [4.69, 9.17) is 4.98 Å². The van der Waals surface area contributed by atoms with Crippen molar-refractivity contribution in [3.05, 3.63) is 59.5 Å². The van der Waals surface area contributed by atoms with Crippen LogP contribution in [0.4, 0.5) is 20.4 Å². The van der Waals surface area contributed by atoms with E-state index in [1.807, 2.05) is 24.7 Å². The van der Waals surface area contributed by atoms with E-state index >= 15 is 0 Å². The number of nitrogens with one attached hydrogen (secondary N) is 1. The zero-order chi connectivity index (χ0) is 25.9. The molecule has 0 saturated heterocycles. The minimum Gasteiger partial charge on any atom is -0.367 e. The van der Waals surface area contributed by atoms with Gasteiger partial charge < -0.3 is 9.88 Å². The summed E-state index contributed by atoms with van der Waals surface area (Å²) < 4.78 is 32.2. The van der Waals surface area contributed by atoms with Gasteiger partial charge in [-0.05, 0) is 43.0 Å². The normalized spacial score (nSPS) is 15.7. The van der Waals surface area contributed by atoms with Crippen molar-refractivity contribution in [2.24, 2.45) is 14.1 Å². The van der Waals surface area contributed by atoms with Crippen molar-refractivity contribution >= 4 is 17.5 Å². The number of carbonyl (C=O) groups is 1. The van der Waals surface area contributed by atoms with Gasteiger partial charge in [0, 0.05) is 43.8 Å². The molecule has 1 aliphatic heterocycles. The zero-order valence-electron chi connectivity index (χ0n) is 20.7. The molecule has 1 N–H and O–H groups in total. The molecule has 1 fully saturated rings. The van der Waals surface area contributed by atoms with E-state index in [0.29, 0.717) is 29.1 Å². The van der Waals surface area contributed by atoms with Crippen molar-refractivity contribution in [2.45, 2.75) is 44.7 Å². The van der Waals surface area contributed by atoms with Crippen LogP contribution in [0.25, 0.3) is 22.6 Å². The maximum Gasteiger partial charge on any atom is 0.270 e. The highest BCUT2D eigenvalue weighted by Gasteiger charge is 2.37. The SMILES string of the molecule is Cn1cnnc1-c1cnn(C)c1-c1cc(NC2CCC2)nc(N2Cc3c(cccc3C(C)(F)F)C2=O)c1. The Kier molecular flexibility index (Phi) is 5.32. The number of aryl methyl sites for hydroxylation is 2. The first-order valence-electron chi connectivity index (χ1n) is 12.2. The molecule has 0 bridgehead atoms. The summed E-state index contributed by atoms with van der Waals surface area (Å²) in [4.78, 5) is 19.6. The van der Waals surface area contributed by atoms with Gasteiger partial charge in [-0.15, -0.1) is 10.2 Å². The third-order valence-electron chi connectivity index (χ3n) is 7.15. The summed E-state index contributed by atoms with van der Waals surface area (Å²) in [5, 5.41) is 16.2. The predicted octanol–water partition coefficient (Wildman–Crippen LogP) is 4.51. The van der Waals surface area contributed by atoms with Crippen molar-refractivity contribution in [1.29, 1.82) is 0 Å². The van der Waals surface area contributed by atoms with Crippen LogP contribution < -0.4 is 10.2 Å². The van der Waals surface area contributed by atoms with Gasteiger partial charge in [0.05, 0.1) is 24.0 Å². The molecule has 4 heterocycles. The van der Waals surface area contributed by atoms with Crippen molar-refractivity contribution in [2.75, 3.05) is 10.2 Å². The number of hydrogen-bond donors (Lipinski definition) is 1. The zero-order valence-corrected chi connectivity index (χ0v) is 20.7. The van der Waals surface area contributed by atoms with Crippen molar-refractivity contribution in [1.82, 2.24) is 29.5 Å². The number of rotatable bonds is 6. The first kappa shape index (κ1) is 23.3. The average Bonchev–Trinajstić information content (AvgIpc) is 3.52. The first-order valence-corrected chi connectivity index (χ1v) is 12.2. The maximum absolute atomic E-state index is 14.3. The second-order valence-corrected chi connectivity index (χ2v) is 9.78. The number of halogens is 2. The van der Waals surface area contributed by atoms with Crippen LogP contribution in [-0.4, -0.2) is 41.5 Å². The van der Waals surface area contributed by atoms with E-state index in [2.05, 4.69) is 20.6 Å². The van der Waals surface area contributed by atoms with Crippen LogP contribution in [0.5, 0.6) is 0 Å². The number of amides is 1. The molecule has 0 unspecified atom stereocenters. The number of alkyl halides is 2. The highest BCUT2D eigenvalue weighted by Crippen LogP contribution is 2.39. The fourth-order valence-electron chi connectivity index (χ4n) is 5.03. The smallest absolute Gasteiger partial charge is 0.270 e. The van der Waals surface area contributed by atoms with Gasteiger partial charge in [-0.2, -0.15) is 5.10 Å². The van der Waals surface area contributed by atoms with E-state index in [1.165, 1.54) is 17.0 Å². The van der Waals surface area contributed by atoms with Crippen LogP contribution in [-0.2, 0) is 26.6 Å². The van der Waals surface area contributed by atoms with Crippen LogP contribution in [0.2, 0.25) is 0 Å². The van der Waals surface area contributed by atoms with Gasteiger partial charge in [0.15, 0.2) is 5.82 Å². The number of nitrogens with zero attached hydrogens (tertiary/aromatic N) is 7. The first-order chi connectivity index (χ1) is 17.7. The number of pyridine rings is 1. The van der Waals surface area contributed by atoms with E-state index in [0.717, 1.165) is 43.0 Å². The van der Waals surface area contributed by atoms with Crippen molar-refractivity contribution in [3.63, 3.8) is 0 Å². The van der Waals surface area contributed by atoms with E-state index in [-0.39, 0.29) is 23.6 Å². The molecule has 6 rings (SSSR count). The Morgan fingerprint density at radius 1 is 1.14 bits per heavy atom. The summed E-state index contributed by atoms with van der Waals surface area (Å²) >= 11 is 0. The largest absolute Gasteiger partial charge is 0.367 e. The van der Waals surface area contributed by atoms with Crippen LogP contribution in [0, 0.1) is 0 Å². The molecule has 4 aromatic rings. The number of anilines is 2. The van der Waals surface area contributed by atoms with Gasteiger partial charge >= 0.3 is 0 Å². The second-order valence-electron chi connectivity index (χ2n) is 9.78. The molecule has 1 aliphatic carbocycles. The molecule has 1 amide bonds. The summed E-state index contributed by atoms with van der Waals surface area (Å²) in [6.07, 6.45) is 6.58. The molecule has 190 valence electrons. The van der Waals surface area contributed by atoms with E-state index in [1.54, 1.807) is 29.3 Å². The van der Waals surface area contributed by atoms with Crippen LogP contribution in [0.15, 0.2) is 42.9 Å². The lowest BCUT2D eigenvalue weighted by atomic mass is 9.93. The highest BCUT2D eigenvalue weighted by molar-refractivity contribution is 6.10. The van der Waals surface area contributed by atoms with E-state index in [9.17, 15) is 13.6 Å². The number of carbonyl (C=O) groups excluding carboxylic acids is 1. The maximum atomic E-state index is 14.3. The number of hydrogen-bond acceptors (Lipinski definition) is 6. The predicted molar refractivity (Wildman–Crippen MR) is 134 cm³/mol. The van der Waals surface area contributed by atoms with Gasteiger partial charge in [0.1, 0.15) is 18.0 Å². The molecular weight excluding hydrogens is 478 g/mol. The summed E-state index contributed by atoms with van der Waals surface area (Å²) in [5.41, 5.74) is 2.80. The van der Waals surface area contributed by atoms with Crippen molar-refractivity contribution < 1.29 is 13.6 Å². The van der Waals surface area contributed by atoms with Gasteiger partial charge in [-0.1, -0.05) is 12.1 Å². The monoisotopic (exact) mass is 504 g/mol. The minimum absolute atomic E-state index is 0.0224. The van der Waals surface area contributed by atoms with Gasteiger partial charge in [-0.25, -0.2) is 13.8 Å². The molecule has 1 saturated carbocycles. The quantitative estimate of drug-likeness (QED) is 0.415. The van der Waals surface area contributed by atoms with Gasteiger partial charge in [0.25, 0.3) is 11.8 Å². The molecule has 3 aromatic heterocycles. The Bertz CT molecular complexity index is 1520.